The summed E-state index contributed by atoms with van der Waals surface area (Å²) in [5.41, 5.74) is 3.26. The van der Waals surface area contributed by atoms with E-state index in [0.717, 1.165) is 24.8 Å². The fourth-order valence-corrected chi connectivity index (χ4v) is 4.39. The van der Waals surface area contributed by atoms with Gasteiger partial charge in [-0.2, -0.15) is 0 Å². The Bertz CT molecular complexity index is 674. The molecule has 3 atom stereocenters. The smallest absolute Gasteiger partial charge is 0.0904 e. The van der Waals surface area contributed by atoms with E-state index in [9.17, 15) is 5.11 Å². The first kappa shape index (κ1) is 13.8. The van der Waals surface area contributed by atoms with E-state index in [-0.39, 0.29) is 0 Å². The highest BCUT2D eigenvalue weighted by Crippen LogP contribution is 2.49. The van der Waals surface area contributed by atoms with E-state index in [0.29, 0.717) is 11.8 Å². The Morgan fingerprint density at radius 3 is 2.23 bits per heavy atom. The van der Waals surface area contributed by atoms with Crippen LogP contribution in [0, 0.1) is 11.8 Å². The van der Waals surface area contributed by atoms with Crippen molar-refractivity contribution in [2.45, 2.75) is 31.3 Å². The second-order valence-electron chi connectivity index (χ2n) is 6.93. The Morgan fingerprint density at radius 1 is 0.864 bits per heavy atom. The van der Waals surface area contributed by atoms with Gasteiger partial charge in [0.1, 0.15) is 0 Å². The molecule has 0 aromatic heterocycles. The first-order chi connectivity index (χ1) is 10.7. The van der Waals surface area contributed by atoms with Crippen LogP contribution in [0.15, 0.2) is 66.7 Å². The highest BCUT2D eigenvalue weighted by molar-refractivity contribution is 5.67. The van der Waals surface area contributed by atoms with Gasteiger partial charge in [0.25, 0.3) is 0 Å². The molecule has 2 aliphatic rings. The number of benzene rings is 2. The van der Waals surface area contributed by atoms with Gasteiger partial charge < -0.3 is 5.11 Å². The number of hydrogen-bond donors (Lipinski definition) is 1. The van der Waals surface area contributed by atoms with Gasteiger partial charge in [-0.05, 0) is 54.2 Å². The number of aliphatic hydroxyl groups is 1. The highest BCUT2D eigenvalue weighted by atomic mass is 16.3. The molecule has 3 unspecified atom stereocenters. The maximum atomic E-state index is 11.2. The molecule has 0 radical (unpaired) electrons. The summed E-state index contributed by atoms with van der Waals surface area (Å²) in [5.74, 6) is 1.08. The summed E-state index contributed by atoms with van der Waals surface area (Å²) in [7, 11) is 0. The van der Waals surface area contributed by atoms with Crippen LogP contribution in [0.5, 0.6) is 0 Å². The van der Waals surface area contributed by atoms with E-state index in [2.05, 4.69) is 48.5 Å². The van der Waals surface area contributed by atoms with Gasteiger partial charge in [-0.3, -0.25) is 0 Å². The average molecular weight is 290 g/mol. The Balaban J connectivity index is 1.63. The molecule has 1 heteroatoms. The van der Waals surface area contributed by atoms with Crippen molar-refractivity contribution in [2.75, 3.05) is 0 Å². The minimum atomic E-state index is -0.645. The molecular weight excluding hydrogens is 268 g/mol. The van der Waals surface area contributed by atoms with Crippen molar-refractivity contribution in [1.29, 1.82) is 0 Å². The van der Waals surface area contributed by atoms with E-state index in [1.807, 2.05) is 18.2 Å². The van der Waals surface area contributed by atoms with Crippen molar-refractivity contribution in [3.05, 3.63) is 77.9 Å². The average Bonchev–Trinajstić information content (AvgIpc) is 2.55. The monoisotopic (exact) mass is 290 g/mol. The fraction of sp³-hybridized carbons (Fsp3) is 0.333. The van der Waals surface area contributed by atoms with E-state index in [4.69, 9.17) is 0 Å². The van der Waals surface area contributed by atoms with Crippen LogP contribution in [0.2, 0.25) is 0 Å². The quantitative estimate of drug-likeness (QED) is 0.844. The normalized spacial score (nSPS) is 30.7. The molecule has 2 bridgehead atoms. The summed E-state index contributed by atoms with van der Waals surface area (Å²) in [5, 5.41) is 11.2. The van der Waals surface area contributed by atoms with Gasteiger partial charge >= 0.3 is 0 Å². The summed E-state index contributed by atoms with van der Waals surface area (Å²) in [6, 6.07) is 20.9. The van der Waals surface area contributed by atoms with E-state index in [1.54, 1.807) is 0 Å². The number of hydrogen-bond acceptors (Lipinski definition) is 1. The van der Waals surface area contributed by atoms with Crippen LogP contribution in [0.1, 0.15) is 36.8 Å². The molecule has 0 amide bonds. The summed E-state index contributed by atoms with van der Waals surface area (Å²) in [6.45, 7) is 0. The maximum Gasteiger partial charge on any atom is 0.0904 e. The zero-order chi connectivity index (χ0) is 15.0. The molecule has 1 fully saturated rings. The lowest BCUT2D eigenvalue weighted by Crippen LogP contribution is -2.38. The second kappa shape index (κ2) is 5.40. The highest BCUT2D eigenvalue weighted by Gasteiger charge is 2.41. The molecule has 4 rings (SSSR count). The first-order valence-electron chi connectivity index (χ1n) is 8.27. The van der Waals surface area contributed by atoms with Gasteiger partial charge in [-0.1, -0.05) is 66.7 Å². The fourth-order valence-electron chi connectivity index (χ4n) is 4.39. The van der Waals surface area contributed by atoms with Gasteiger partial charge in [-0.15, -0.1) is 0 Å². The summed E-state index contributed by atoms with van der Waals surface area (Å²) < 4.78 is 0. The molecule has 1 N–H and O–H groups in total. The van der Waals surface area contributed by atoms with Crippen LogP contribution in [-0.2, 0) is 5.60 Å². The third-order valence-corrected chi connectivity index (χ3v) is 5.26. The topological polar surface area (TPSA) is 20.2 Å². The van der Waals surface area contributed by atoms with Gasteiger partial charge in [0.15, 0.2) is 0 Å². The standard InChI is InChI=1S/C21H22O/c22-21(20-9-5-2-6-10-20)14-16-11-17(15-21)13-19(12-16)18-7-3-1-4-8-18/h1-10,12,16-17,22H,11,13-15H2. The minimum Gasteiger partial charge on any atom is -0.385 e. The molecule has 0 saturated heterocycles. The van der Waals surface area contributed by atoms with Gasteiger partial charge in [0.2, 0.25) is 0 Å². The largest absolute Gasteiger partial charge is 0.385 e. The molecule has 1 nitrogen and oxygen atoms in total. The summed E-state index contributed by atoms with van der Waals surface area (Å²) in [4.78, 5) is 0. The number of rotatable bonds is 2. The lowest BCUT2D eigenvalue weighted by Gasteiger charge is -2.44. The van der Waals surface area contributed by atoms with Gasteiger partial charge in [-0.25, -0.2) is 0 Å². The molecule has 1 saturated carbocycles. The molecule has 22 heavy (non-hydrogen) atoms. The predicted octanol–water partition coefficient (Wildman–Crippen LogP) is 4.78. The minimum absolute atomic E-state index is 0.493. The lowest BCUT2D eigenvalue weighted by atomic mass is 9.64. The van der Waals surface area contributed by atoms with Crippen molar-refractivity contribution in [3.8, 4) is 0 Å². The molecule has 2 aromatic rings. The van der Waals surface area contributed by atoms with Gasteiger partial charge in [0.05, 0.1) is 5.60 Å². The zero-order valence-corrected chi connectivity index (χ0v) is 12.8. The predicted molar refractivity (Wildman–Crippen MR) is 90.2 cm³/mol. The van der Waals surface area contributed by atoms with E-state index >= 15 is 0 Å². The van der Waals surface area contributed by atoms with Crippen LogP contribution < -0.4 is 0 Å². The molecule has 112 valence electrons. The van der Waals surface area contributed by atoms with Crippen molar-refractivity contribution in [2.24, 2.45) is 11.8 Å². The van der Waals surface area contributed by atoms with Crippen LogP contribution in [0.3, 0.4) is 0 Å². The third kappa shape index (κ3) is 2.50. The Kier molecular flexibility index (Phi) is 3.38. The molecular formula is C21H22O. The van der Waals surface area contributed by atoms with Crippen LogP contribution in [-0.4, -0.2) is 5.11 Å². The molecule has 0 spiro atoms. The van der Waals surface area contributed by atoms with E-state index in [1.165, 1.54) is 17.6 Å². The van der Waals surface area contributed by atoms with Crippen LogP contribution in [0.25, 0.3) is 5.57 Å². The Hall–Kier alpha value is -1.86. The Morgan fingerprint density at radius 2 is 1.55 bits per heavy atom. The van der Waals surface area contributed by atoms with E-state index < -0.39 is 5.60 Å². The molecule has 0 aliphatic heterocycles. The molecule has 2 aromatic carbocycles. The number of fused-ring (bicyclic) bond motifs is 2. The van der Waals surface area contributed by atoms with Crippen LogP contribution >= 0.6 is 0 Å². The first-order valence-corrected chi connectivity index (χ1v) is 8.27. The maximum absolute atomic E-state index is 11.2. The zero-order valence-electron chi connectivity index (χ0n) is 12.8. The van der Waals surface area contributed by atoms with Gasteiger partial charge in [0, 0.05) is 0 Å². The number of allylic oxidation sites excluding steroid dienone is 2. The summed E-state index contributed by atoms with van der Waals surface area (Å²) in [6.07, 6.45) is 6.47. The van der Waals surface area contributed by atoms with Crippen molar-refractivity contribution < 1.29 is 5.11 Å². The lowest BCUT2D eigenvalue weighted by molar-refractivity contribution is -0.0360. The molecule has 2 aliphatic carbocycles. The second-order valence-corrected chi connectivity index (χ2v) is 6.93. The molecule has 0 heterocycles. The third-order valence-electron chi connectivity index (χ3n) is 5.26. The van der Waals surface area contributed by atoms with Crippen LogP contribution in [0.4, 0.5) is 0 Å². The van der Waals surface area contributed by atoms with Crippen molar-refractivity contribution in [1.82, 2.24) is 0 Å². The summed E-state index contributed by atoms with van der Waals surface area (Å²) >= 11 is 0. The van der Waals surface area contributed by atoms with Crippen molar-refractivity contribution >= 4 is 5.57 Å². The Labute approximate surface area is 132 Å². The SMILES string of the molecule is OC1(c2ccccc2)CC2C=C(c3ccccc3)CC(C2)C1. The van der Waals surface area contributed by atoms with Crippen molar-refractivity contribution in [3.63, 3.8) is 0 Å².